The van der Waals surface area contributed by atoms with Gasteiger partial charge in [0.25, 0.3) is 0 Å². The van der Waals surface area contributed by atoms with Crippen LogP contribution in [0.1, 0.15) is 18.4 Å². The Labute approximate surface area is 111 Å². The van der Waals surface area contributed by atoms with Gasteiger partial charge in [-0.3, -0.25) is 0 Å². The van der Waals surface area contributed by atoms with Gasteiger partial charge < -0.3 is 14.4 Å². The molecule has 0 unspecified atom stereocenters. The number of halogens is 1. The maximum Gasteiger partial charge on any atom is 0.122 e. The van der Waals surface area contributed by atoms with Gasteiger partial charge in [-0.1, -0.05) is 17.7 Å². The average Bonchev–Trinajstić information content (AvgIpc) is 3.12. The lowest BCUT2D eigenvalue weighted by Gasteiger charge is -2.06. The van der Waals surface area contributed by atoms with Crippen molar-refractivity contribution in [1.82, 2.24) is 4.57 Å². The lowest BCUT2D eigenvalue weighted by Crippen LogP contribution is -2.03. The third-order valence-corrected chi connectivity index (χ3v) is 3.61. The van der Waals surface area contributed by atoms with Crippen molar-refractivity contribution >= 4 is 22.5 Å². The molecule has 1 N–H and O–H groups in total. The zero-order valence-corrected chi connectivity index (χ0v) is 10.9. The smallest absolute Gasteiger partial charge is 0.122 e. The molecular formula is C14H16ClNO2. The number of ether oxygens (including phenoxy) is 1. The lowest BCUT2D eigenvalue weighted by atomic mass is 10.2. The van der Waals surface area contributed by atoms with Crippen molar-refractivity contribution in [2.24, 2.45) is 5.92 Å². The van der Waals surface area contributed by atoms with Gasteiger partial charge in [0.15, 0.2) is 0 Å². The molecule has 0 atom stereocenters. The van der Waals surface area contributed by atoms with Gasteiger partial charge in [-0.2, -0.15) is 0 Å². The summed E-state index contributed by atoms with van der Waals surface area (Å²) >= 11 is 6.02. The van der Waals surface area contributed by atoms with Gasteiger partial charge in [-0.15, -0.1) is 0 Å². The van der Waals surface area contributed by atoms with E-state index in [0.717, 1.165) is 29.0 Å². The van der Waals surface area contributed by atoms with Crippen LogP contribution in [-0.2, 0) is 18.1 Å². The quantitative estimate of drug-likeness (QED) is 0.901. The van der Waals surface area contributed by atoms with Gasteiger partial charge in [-0.25, -0.2) is 0 Å². The molecule has 0 saturated heterocycles. The van der Waals surface area contributed by atoms with Crippen molar-refractivity contribution < 1.29 is 9.84 Å². The van der Waals surface area contributed by atoms with E-state index in [1.165, 1.54) is 12.8 Å². The second-order valence-corrected chi connectivity index (χ2v) is 5.32. The van der Waals surface area contributed by atoms with E-state index in [1.807, 2.05) is 29.0 Å². The van der Waals surface area contributed by atoms with Crippen LogP contribution in [0.5, 0.6) is 0 Å². The normalized spacial score (nSPS) is 15.4. The van der Waals surface area contributed by atoms with Crippen molar-refractivity contribution in [3.05, 3.63) is 35.0 Å². The third-order valence-electron chi connectivity index (χ3n) is 3.38. The summed E-state index contributed by atoms with van der Waals surface area (Å²) in [4.78, 5) is 0. The van der Waals surface area contributed by atoms with Crippen molar-refractivity contribution in [2.75, 3.05) is 6.61 Å². The van der Waals surface area contributed by atoms with E-state index < -0.39 is 0 Å². The van der Waals surface area contributed by atoms with Crippen molar-refractivity contribution in [3.8, 4) is 0 Å². The number of fused-ring (bicyclic) bond motifs is 1. The molecule has 1 aliphatic carbocycles. The molecule has 2 aromatic rings. The highest BCUT2D eigenvalue weighted by molar-refractivity contribution is 6.31. The van der Waals surface area contributed by atoms with Crippen LogP contribution in [-0.4, -0.2) is 16.3 Å². The summed E-state index contributed by atoms with van der Waals surface area (Å²) in [5, 5.41) is 11.1. The Morgan fingerprint density at radius 3 is 2.94 bits per heavy atom. The Hall–Kier alpha value is -1.03. The van der Waals surface area contributed by atoms with Crippen LogP contribution in [0.2, 0.25) is 5.02 Å². The fourth-order valence-electron chi connectivity index (χ4n) is 2.18. The highest BCUT2D eigenvalue weighted by atomic mass is 35.5. The summed E-state index contributed by atoms with van der Waals surface area (Å²) in [6.45, 7) is 1.38. The van der Waals surface area contributed by atoms with Gasteiger partial charge in [0, 0.05) is 22.2 Å². The standard InChI is InChI=1S/C14H16ClNO2/c15-12-3-4-13-11(7-17)6-16(14(13)5-12)9-18-8-10-1-2-10/h3-6,10,17H,1-2,7-9H2. The maximum atomic E-state index is 9.35. The molecule has 3 nitrogen and oxygen atoms in total. The number of aliphatic hydroxyl groups is 1. The number of hydrogen-bond acceptors (Lipinski definition) is 2. The topological polar surface area (TPSA) is 34.4 Å². The van der Waals surface area contributed by atoms with Gasteiger partial charge in [0.1, 0.15) is 6.73 Å². The summed E-state index contributed by atoms with van der Waals surface area (Å²) < 4.78 is 7.70. The first-order chi connectivity index (χ1) is 8.78. The first-order valence-electron chi connectivity index (χ1n) is 6.24. The van der Waals surface area contributed by atoms with Crippen molar-refractivity contribution in [1.29, 1.82) is 0 Å². The van der Waals surface area contributed by atoms with Gasteiger partial charge in [0.05, 0.1) is 18.7 Å². The van der Waals surface area contributed by atoms with Crippen LogP contribution in [0.15, 0.2) is 24.4 Å². The van der Waals surface area contributed by atoms with Crippen molar-refractivity contribution in [2.45, 2.75) is 26.2 Å². The van der Waals surface area contributed by atoms with E-state index in [9.17, 15) is 5.11 Å². The van der Waals surface area contributed by atoms with Gasteiger partial charge in [0.2, 0.25) is 0 Å². The Morgan fingerprint density at radius 1 is 1.39 bits per heavy atom. The molecule has 0 radical (unpaired) electrons. The van der Waals surface area contributed by atoms with Crippen LogP contribution in [0, 0.1) is 5.92 Å². The Balaban J connectivity index is 1.86. The number of rotatable bonds is 5. The monoisotopic (exact) mass is 265 g/mol. The zero-order valence-electron chi connectivity index (χ0n) is 10.1. The SMILES string of the molecule is OCc1cn(COCC2CC2)c2cc(Cl)ccc12. The third kappa shape index (κ3) is 2.39. The molecule has 0 bridgehead atoms. The summed E-state index contributed by atoms with van der Waals surface area (Å²) in [5.41, 5.74) is 1.93. The Bertz CT molecular complexity index is 560. The molecule has 96 valence electrons. The molecule has 1 heterocycles. The van der Waals surface area contributed by atoms with E-state index in [1.54, 1.807) is 0 Å². The molecule has 1 aromatic carbocycles. The number of benzene rings is 1. The Morgan fingerprint density at radius 2 is 2.22 bits per heavy atom. The number of hydrogen-bond donors (Lipinski definition) is 1. The maximum absolute atomic E-state index is 9.35. The van der Waals surface area contributed by atoms with E-state index >= 15 is 0 Å². The predicted molar refractivity (Wildman–Crippen MR) is 71.5 cm³/mol. The minimum Gasteiger partial charge on any atom is -0.392 e. The first kappa shape index (κ1) is 12.0. The molecule has 0 spiro atoms. The fraction of sp³-hybridized carbons (Fsp3) is 0.429. The summed E-state index contributed by atoms with van der Waals surface area (Å²) in [6.07, 6.45) is 4.52. The van der Waals surface area contributed by atoms with Crippen LogP contribution in [0.4, 0.5) is 0 Å². The largest absolute Gasteiger partial charge is 0.392 e. The number of nitrogens with zero attached hydrogens (tertiary/aromatic N) is 1. The van der Waals surface area contributed by atoms with E-state index in [-0.39, 0.29) is 6.61 Å². The number of aromatic nitrogens is 1. The van der Waals surface area contributed by atoms with E-state index in [4.69, 9.17) is 16.3 Å². The van der Waals surface area contributed by atoms with Gasteiger partial charge in [-0.05, 0) is 30.9 Å². The molecule has 1 aromatic heterocycles. The van der Waals surface area contributed by atoms with E-state index in [0.29, 0.717) is 11.8 Å². The highest BCUT2D eigenvalue weighted by Gasteiger charge is 2.21. The minimum atomic E-state index is 0.0355. The molecule has 0 aliphatic heterocycles. The average molecular weight is 266 g/mol. The van der Waals surface area contributed by atoms with Gasteiger partial charge >= 0.3 is 0 Å². The van der Waals surface area contributed by atoms with Crippen molar-refractivity contribution in [3.63, 3.8) is 0 Å². The van der Waals surface area contributed by atoms with Crippen LogP contribution in [0.3, 0.4) is 0 Å². The summed E-state index contributed by atoms with van der Waals surface area (Å²) in [6, 6.07) is 5.70. The fourth-order valence-corrected chi connectivity index (χ4v) is 2.34. The van der Waals surface area contributed by atoms with E-state index in [2.05, 4.69) is 0 Å². The van der Waals surface area contributed by atoms with Crippen LogP contribution in [0.25, 0.3) is 10.9 Å². The number of aliphatic hydroxyl groups excluding tert-OH is 1. The minimum absolute atomic E-state index is 0.0355. The second kappa shape index (κ2) is 4.92. The Kier molecular flexibility index (Phi) is 3.29. The summed E-state index contributed by atoms with van der Waals surface area (Å²) in [5.74, 6) is 0.757. The highest BCUT2D eigenvalue weighted by Crippen LogP contribution is 2.29. The zero-order chi connectivity index (χ0) is 12.5. The predicted octanol–water partition coefficient (Wildman–Crippen LogP) is 3.17. The molecule has 1 aliphatic rings. The second-order valence-electron chi connectivity index (χ2n) is 4.89. The van der Waals surface area contributed by atoms with Crippen LogP contribution < -0.4 is 0 Å². The summed E-state index contributed by atoms with van der Waals surface area (Å²) in [7, 11) is 0. The molecule has 3 rings (SSSR count). The van der Waals surface area contributed by atoms with Crippen LogP contribution >= 0.6 is 11.6 Å². The first-order valence-corrected chi connectivity index (χ1v) is 6.61. The lowest BCUT2D eigenvalue weighted by molar-refractivity contribution is 0.0716. The molecule has 1 fully saturated rings. The molecule has 4 heteroatoms. The molecular weight excluding hydrogens is 250 g/mol. The molecule has 0 amide bonds. The molecule has 18 heavy (non-hydrogen) atoms. The molecule has 1 saturated carbocycles.